The number of rotatable bonds is 3. The van der Waals surface area contributed by atoms with E-state index in [0.717, 1.165) is 17.4 Å². The highest BCUT2D eigenvalue weighted by Gasteiger charge is 2.27. The lowest BCUT2D eigenvalue weighted by Crippen LogP contribution is -2.45. The molecule has 2 N–H and O–H groups in total. The molecule has 1 fully saturated rings. The van der Waals surface area contributed by atoms with Gasteiger partial charge in [0.25, 0.3) is 0 Å². The van der Waals surface area contributed by atoms with E-state index in [1.165, 1.54) is 19.3 Å². The molecule has 3 nitrogen and oxygen atoms in total. The first kappa shape index (κ1) is 15.1. The molecule has 1 aromatic carbocycles. The summed E-state index contributed by atoms with van der Waals surface area (Å²) in [6.07, 6.45) is 3.82. The fourth-order valence-electron chi connectivity index (χ4n) is 2.80. The van der Waals surface area contributed by atoms with Crippen LogP contribution in [0.15, 0.2) is 24.3 Å². The summed E-state index contributed by atoms with van der Waals surface area (Å²) < 4.78 is 5.15. The van der Waals surface area contributed by atoms with E-state index in [0.29, 0.717) is 17.1 Å². The van der Waals surface area contributed by atoms with Crippen molar-refractivity contribution in [2.75, 3.05) is 12.4 Å². The molecule has 2 rings (SSSR count). The Morgan fingerprint density at radius 2 is 1.90 bits per heavy atom. The van der Waals surface area contributed by atoms with Crippen LogP contribution < -0.4 is 15.4 Å². The standard InChI is InChI=1S/C16H24N2OS/c1-11-5-4-6-15(12(11)2)18-16(20)17-13-7-9-14(19-3)10-8-13/h7-12,15H,4-6H2,1-3H3,(H2,17,18,20)/t11-,12+,15+/m0/s1. The van der Waals surface area contributed by atoms with Crippen molar-refractivity contribution in [2.24, 2.45) is 11.8 Å². The van der Waals surface area contributed by atoms with Crippen LogP contribution in [0.4, 0.5) is 5.69 Å². The molecule has 0 aromatic heterocycles. The van der Waals surface area contributed by atoms with E-state index in [4.69, 9.17) is 17.0 Å². The third-order valence-corrected chi connectivity index (χ3v) is 4.59. The van der Waals surface area contributed by atoms with Gasteiger partial charge in [0, 0.05) is 11.7 Å². The van der Waals surface area contributed by atoms with E-state index in [1.54, 1.807) is 7.11 Å². The SMILES string of the molecule is COc1ccc(NC(=S)N[C@@H]2CCC[C@H](C)[C@H]2C)cc1. The fraction of sp³-hybridized carbons (Fsp3) is 0.562. The largest absolute Gasteiger partial charge is 0.497 e. The lowest BCUT2D eigenvalue weighted by Gasteiger charge is -2.35. The number of anilines is 1. The Hall–Kier alpha value is -1.29. The summed E-state index contributed by atoms with van der Waals surface area (Å²) in [7, 11) is 1.67. The van der Waals surface area contributed by atoms with E-state index < -0.39 is 0 Å². The molecule has 1 aliphatic rings. The van der Waals surface area contributed by atoms with Crippen LogP contribution in [0.2, 0.25) is 0 Å². The van der Waals surface area contributed by atoms with Gasteiger partial charge in [-0.2, -0.15) is 0 Å². The number of ether oxygens (including phenoxy) is 1. The topological polar surface area (TPSA) is 33.3 Å². The molecule has 0 spiro atoms. The predicted molar refractivity (Wildman–Crippen MR) is 88.3 cm³/mol. The molecule has 20 heavy (non-hydrogen) atoms. The van der Waals surface area contributed by atoms with Crippen molar-refractivity contribution < 1.29 is 4.74 Å². The number of thiocarbonyl (C=S) groups is 1. The average Bonchev–Trinajstić information content (AvgIpc) is 2.45. The van der Waals surface area contributed by atoms with Crippen LogP contribution in [0.25, 0.3) is 0 Å². The van der Waals surface area contributed by atoms with E-state index in [-0.39, 0.29) is 0 Å². The molecule has 1 aromatic rings. The van der Waals surface area contributed by atoms with Crippen LogP contribution in [0.1, 0.15) is 33.1 Å². The maximum absolute atomic E-state index is 5.42. The number of hydrogen-bond acceptors (Lipinski definition) is 2. The lowest BCUT2D eigenvalue weighted by molar-refractivity contribution is 0.225. The molecule has 0 aliphatic heterocycles. The average molecular weight is 292 g/mol. The molecular weight excluding hydrogens is 268 g/mol. The van der Waals surface area contributed by atoms with Crippen molar-refractivity contribution in [3.05, 3.63) is 24.3 Å². The molecule has 0 radical (unpaired) electrons. The zero-order chi connectivity index (χ0) is 14.5. The molecule has 0 heterocycles. The summed E-state index contributed by atoms with van der Waals surface area (Å²) in [5.41, 5.74) is 0.986. The van der Waals surface area contributed by atoms with Gasteiger partial charge in [-0.05, 0) is 54.7 Å². The van der Waals surface area contributed by atoms with Gasteiger partial charge in [0.15, 0.2) is 5.11 Å². The molecule has 0 bridgehead atoms. The van der Waals surface area contributed by atoms with Crippen LogP contribution in [0.5, 0.6) is 5.75 Å². The first-order chi connectivity index (χ1) is 9.60. The van der Waals surface area contributed by atoms with Gasteiger partial charge in [0.1, 0.15) is 5.75 Å². The number of methoxy groups -OCH3 is 1. The summed E-state index contributed by atoms with van der Waals surface area (Å²) in [6.45, 7) is 4.65. The van der Waals surface area contributed by atoms with Crippen molar-refractivity contribution >= 4 is 23.0 Å². The van der Waals surface area contributed by atoms with E-state index in [9.17, 15) is 0 Å². The lowest BCUT2D eigenvalue weighted by atomic mass is 9.78. The second kappa shape index (κ2) is 6.93. The maximum atomic E-state index is 5.42. The molecular formula is C16H24N2OS. The molecule has 1 aliphatic carbocycles. The number of benzene rings is 1. The van der Waals surface area contributed by atoms with Gasteiger partial charge in [0.05, 0.1) is 7.11 Å². The molecule has 0 amide bonds. The molecule has 3 atom stereocenters. The van der Waals surface area contributed by atoms with Crippen molar-refractivity contribution in [1.29, 1.82) is 0 Å². The summed E-state index contributed by atoms with van der Waals surface area (Å²) in [4.78, 5) is 0. The Morgan fingerprint density at radius 3 is 2.55 bits per heavy atom. The minimum Gasteiger partial charge on any atom is -0.497 e. The Morgan fingerprint density at radius 1 is 1.20 bits per heavy atom. The van der Waals surface area contributed by atoms with Crippen LogP contribution >= 0.6 is 12.2 Å². The van der Waals surface area contributed by atoms with Crippen molar-refractivity contribution in [3.63, 3.8) is 0 Å². The van der Waals surface area contributed by atoms with Crippen molar-refractivity contribution in [2.45, 2.75) is 39.2 Å². The van der Waals surface area contributed by atoms with Crippen LogP contribution in [0.3, 0.4) is 0 Å². The highest BCUT2D eigenvalue weighted by Crippen LogP contribution is 2.29. The van der Waals surface area contributed by atoms with Gasteiger partial charge < -0.3 is 15.4 Å². The first-order valence-corrected chi connectivity index (χ1v) is 7.72. The molecule has 0 saturated heterocycles. The zero-order valence-electron chi connectivity index (χ0n) is 12.5. The first-order valence-electron chi connectivity index (χ1n) is 7.31. The third kappa shape index (κ3) is 3.85. The van der Waals surface area contributed by atoms with Gasteiger partial charge in [-0.15, -0.1) is 0 Å². The second-order valence-electron chi connectivity index (χ2n) is 5.70. The fourth-order valence-corrected chi connectivity index (χ4v) is 3.06. The van der Waals surface area contributed by atoms with E-state index in [1.807, 2.05) is 24.3 Å². The normalized spacial score (nSPS) is 25.9. The van der Waals surface area contributed by atoms with Gasteiger partial charge in [-0.25, -0.2) is 0 Å². The van der Waals surface area contributed by atoms with Gasteiger partial charge in [-0.3, -0.25) is 0 Å². The summed E-state index contributed by atoms with van der Waals surface area (Å²) in [5, 5.41) is 7.42. The zero-order valence-corrected chi connectivity index (χ0v) is 13.3. The summed E-state index contributed by atoms with van der Waals surface area (Å²) in [6, 6.07) is 8.28. The van der Waals surface area contributed by atoms with Crippen LogP contribution in [-0.2, 0) is 0 Å². The highest BCUT2D eigenvalue weighted by molar-refractivity contribution is 7.80. The smallest absolute Gasteiger partial charge is 0.171 e. The molecule has 110 valence electrons. The predicted octanol–water partition coefficient (Wildman–Crippen LogP) is 3.81. The Labute approximate surface area is 127 Å². The number of nitrogens with one attached hydrogen (secondary N) is 2. The molecule has 0 unspecified atom stereocenters. The minimum atomic E-state index is 0.483. The van der Waals surface area contributed by atoms with Gasteiger partial charge in [-0.1, -0.05) is 26.7 Å². The van der Waals surface area contributed by atoms with Crippen LogP contribution in [-0.4, -0.2) is 18.3 Å². The molecule has 4 heteroatoms. The Balaban J connectivity index is 1.88. The highest BCUT2D eigenvalue weighted by atomic mass is 32.1. The van der Waals surface area contributed by atoms with Gasteiger partial charge in [0.2, 0.25) is 0 Å². The molecule has 1 saturated carbocycles. The van der Waals surface area contributed by atoms with Crippen LogP contribution in [0, 0.1) is 11.8 Å². The Kier molecular flexibility index (Phi) is 5.24. The van der Waals surface area contributed by atoms with Crippen molar-refractivity contribution in [1.82, 2.24) is 5.32 Å². The van der Waals surface area contributed by atoms with E-state index in [2.05, 4.69) is 24.5 Å². The van der Waals surface area contributed by atoms with Gasteiger partial charge >= 0.3 is 0 Å². The minimum absolute atomic E-state index is 0.483. The monoisotopic (exact) mass is 292 g/mol. The quantitative estimate of drug-likeness (QED) is 0.830. The second-order valence-corrected chi connectivity index (χ2v) is 6.11. The summed E-state index contributed by atoms with van der Waals surface area (Å²) >= 11 is 5.42. The third-order valence-electron chi connectivity index (χ3n) is 4.37. The van der Waals surface area contributed by atoms with E-state index >= 15 is 0 Å². The Bertz CT molecular complexity index is 446. The maximum Gasteiger partial charge on any atom is 0.171 e. The summed E-state index contributed by atoms with van der Waals surface area (Å²) in [5.74, 6) is 2.29. The van der Waals surface area contributed by atoms with Crippen molar-refractivity contribution in [3.8, 4) is 5.75 Å². The number of hydrogen-bond donors (Lipinski definition) is 2.